The minimum absolute atomic E-state index is 0.117. The Kier molecular flexibility index (Phi) is 6.70. The number of methoxy groups -OCH3 is 1. The highest BCUT2D eigenvalue weighted by atomic mass is 16.5. The Hall–Kier alpha value is -1.10. The zero-order valence-electron chi connectivity index (χ0n) is 9.45. The molecule has 1 atom stereocenters. The molecule has 0 saturated heterocycles. The van der Waals surface area contributed by atoms with E-state index in [1.165, 1.54) is 0 Å². The fraction of sp³-hybridized carbons (Fsp3) is 0.800. The van der Waals surface area contributed by atoms with Crippen molar-refractivity contribution in [1.82, 2.24) is 5.32 Å². The van der Waals surface area contributed by atoms with E-state index in [4.69, 9.17) is 9.84 Å². The van der Waals surface area contributed by atoms with Crippen LogP contribution in [0.5, 0.6) is 0 Å². The standard InChI is InChI=1S/C10H19NO4/c1-7(2)9(10(13)14)11-8(12)5-4-6-15-3/h7,9H,4-6H2,1-3H3,(H,11,12)(H,13,14)/t9-/m0/s1. The maximum atomic E-state index is 11.3. The predicted molar refractivity (Wildman–Crippen MR) is 55.5 cm³/mol. The fourth-order valence-electron chi connectivity index (χ4n) is 1.14. The summed E-state index contributed by atoms with van der Waals surface area (Å²) in [6, 6.07) is -0.806. The number of hydrogen-bond acceptors (Lipinski definition) is 3. The van der Waals surface area contributed by atoms with Crippen LogP contribution < -0.4 is 5.32 Å². The topological polar surface area (TPSA) is 75.6 Å². The van der Waals surface area contributed by atoms with Crippen molar-refractivity contribution in [2.24, 2.45) is 5.92 Å². The predicted octanol–water partition coefficient (Wildman–Crippen LogP) is 0.638. The Morgan fingerprint density at radius 2 is 2.00 bits per heavy atom. The molecule has 5 nitrogen and oxygen atoms in total. The molecule has 0 heterocycles. The van der Waals surface area contributed by atoms with E-state index in [-0.39, 0.29) is 11.8 Å². The number of carboxylic acid groups (broad SMARTS) is 1. The summed E-state index contributed by atoms with van der Waals surface area (Å²) in [4.78, 5) is 22.1. The zero-order valence-corrected chi connectivity index (χ0v) is 9.45. The summed E-state index contributed by atoms with van der Waals surface area (Å²) in [6.07, 6.45) is 0.900. The van der Waals surface area contributed by atoms with Crippen LogP contribution in [0, 0.1) is 5.92 Å². The fourth-order valence-corrected chi connectivity index (χ4v) is 1.14. The summed E-state index contributed by atoms with van der Waals surface area (Å²) in [5.74, 6) is -1.35. The van der Waals surface area contributed by atoms with Gasteiger partial charge in [0, 0.05) is 20.1 Å². The van der Waals surface area contributed by atoms with Crippen molar-refractivity contribution in [1.29, 1.82) is 0 Å². The molecule has 2 N–H and O–H groups in total. The SMILES string of the molecule is COCCCC(=O)N[C@H](C(=O)O)C(C)C. The van der Waals surface area contributed by atoms with Crippen LogP contribution in [0.2, 0.25) is 0 Å². The van der Waals surface area contributed by atoms with Crippen molar-refractivity contribution < 1.29 is 19.4 Å². The van der Waals surface area contributed by atoms with Gasteiger partial charge in [-0.2, -0.15) is 0 Å². The molecule has 0 aromatic rings. The van der Waals surface area contributed by atoms with Gasteiger partial charge in [0.05, 0.1) is 0 Å². The Morgan fingerprint density at radius 1 is 1.40 bits per heavy atom. The van der Waals surface area contributed by atoms with E-state index >= 15 is 0 Å². The summed E-state index contributed by atoms with van der Waals surface area (Å²) in [5.41, 5.74) is 0. The van der Waals surface area contributed by atoms with Crippen LogP contribution in [-0.2, 0) is 14.3 Å². The molecular weight excluding hydrogens is 198 g/mol. The Balaban J connectivity index is 3.95. The van der Waals surface area contributed by atoms with Gasteiger partial charge in [0.15, 0.2) is 0 Å². The summed E-state index contributed by atoms with van der Waals surface area (Å²) in [5, 5.41) is 11.3. The Labute approximate surface area is 89.8 Å². The van der Waals surface area contributed by atoms with Crippen molar-refractivity contribution >= 4 is 11.9 Å². The van der Waals surface area contributed by atoms with Crippen molar-refractivity contribution in [2.45, 2.75) is 32.7 Å². The van der Waals surface area contributed by atoms with E-state index in [0.29, 0.717) is 19.4 Å². The van der Waals surface area contributed by atoms with E-state index in [1.807, 2.05) is 0 Å². The van der Waals surface area contributed by atoms with E-state index in [9.17, 15) is 9.59 Å². The van der Waals surface area contributed by atoms with Gasteiger partial charge in [-0.3, -0.25) is 4.79 Å². The molecular formula is C10H19NO4. The van der Waals surface area contributed by atoms with E-state index in [2.05, 4.69) is 5.32 Å². The van der Waals surface area contributed by atoms with Crippen molar-refractivity contribution in [2.75, 3.05) is 13.7 Å². The van der Waals surface area contributed by atoms with Crippen LogP contribution >= 0.6 is 0 Å². The van der Waals surface area contributed by atoms with Crippen LogP contribution in [0.3, 0.4) is 0 Å². The van der Waals surface area contributed by atoms with Crippen LogP contribution in [-0.4, -0.2) is 36.7 Å². The van der Waals surface area contributed by atoms with Crippen molar-refractivity contribution in [3.63, 3.8) is 0 Å². The van der Waals surface area contributed by atoms with Crippen molar-refractivity contribution in [3.8, 4) is 0 Å². The van der Waals surface area contributed by atoms with E-state index < -0.39 is 12.0 Å². The summed E-state index contributed by atoms with van der Waals surface area (Å²) in [6.45, 7) is 4.02. The molecule has 88 valence electrons. The number of carboxylic acids is 1. The largest absolute Gasteiger partial charge is 0.480 e. The first-order valence-electron chi connectivity index (χ1n) is 5.00. The van der Waals surface area contributed by atoms with E-state index in [0.717, 1.165) is 0 Å². The lowest BCUT2D eigenvalue weighted by atomic mass is 10.0. The second kappa shape index (κ2) is 7.23. The molecule has 0 fully saturated rings. The lowest BCUT2D eigenvalue weighted by molar-refractivity contribution is -0.143. The second-order valence-electron chi connectivity index (χ2n) is 3.72. The van der Waals surface area contributed by atoms with Gasteiger partial charge in [0.1, 0.15) is 6.04 Å². The maximum absolute atomic E-state index is 11.3. The molecule has 0 aliphatic rings. The summed E-state index contributed by atoms with van der Waals surface area (Å²) in [7, 11) is 1.56. The first kappa shape index (κ1) is 13.9. The van der Waals surface area contributed by atoms with Crippen LogP contribution in [0.25, 0.3) is 0 Å². The van der Waals surface area contributed by atoms with Gasteiger partial charge in [-0.25, -0.2) is 4.79 Å². The number of hydrogen-bond donors (Lipinski definition) is 2. The molecule has 15 heavy (non-hydrogen) atoms. The average molecular weight is 217 g/mol. The molecule has 0 aliphatic carbocycles. The molecule has 0 saturated carbocycles. The highest BCUT2D eigenvalue weighted by Crippen LogP contribution is 2.02. The Bertz CT molecular complexity index is 215. The molecule has 0 aliphatic heterocycles. The molecule has 0 unspecified atom stereocenters. The number of ether oxygens (including phenoxy) is 1. The third kappa shape index (κ3) is 6.06. The first-order chi connectivity index (χ1) is 6.99. The summed E-state index contributed by atoms with van der Waals surface area (Å²) >= 11 is 0. The lowest BCUT2D eigenvalue weighted by Crippen LogP contribution is -2.44. The molecule has 0 aromatic carbocycles. The van der Waals surface area contributed by atoms with Crippen LogP contribution in [0.15, 0.2) is 0 Å². The van der Waals surface area contributed by atoms with Gasteiger partial charge in [0.2, 0.25) is 5.91 Å². The monoisotopic (exact) mass is 217 g/mol. The molecule has 0 bridgehead atoms. The van der Waals surface area contributed by atoms with Gasteiger partial charge >= 0.3 is 5.97 Å². The third-order valence-corrected chi connectivity index (χ3v) is 2.00. The average Bonchev–Trinajstić information content (AvgIpc) is 2.13. The highest BCUT2D eigenvalue weighted by molar-refractivity contribution is 5.83. The van der Waals surface area contributed by atoms with Gasteiger partial charge in [-0.05, 0) is 12.3 Å². The molecule has 0 rings (SSSR count). The highest BCUT2D eigenvalue weighted by Gasteiger charge is 2.22. The lowest BCUT2D eigenvalue weighted by Gasteiger charge is -2.17. The van der Waals surface area contributed by atoms with Gasteiger partial charge in [-0.1, -0.05) is 13.8 Å². The zero-order chi connectivity index (χ0) is 11.8. The number of nitrogens with one attached hydrogen (secondary N) is 1. The molecule has 1 amide bonds. The minimum Gasteiger partial charge on any atom is -0.480 e. The minimum atomic E-state index is -0.995. The molecule has 5 heteroatoms. The molecule has 0 radical (unpaired) electrons. The number of aliphatic carboxylic acids is 1. The number of carbonyl (C=O) groups is 2. The number of carbonyl (C=O) groups excluding carboxylic acids is 1. The van der Waals surface area contributed by atoms with E-state index in [1.54, 1.807) is 21.0 Å². The number of amides is 1. The maximum Gasteiger partial charge on any atom is 0.326 e. The van der Waals surface area contributed by atoms with Gasteiger partial charge < -0.3 is 15.2 Å². The van der Waals surface area contributed by atoms with Crippen LogP contribution in [0.1, 0.15) is 26.7 Å². The Morgan fingerprint density at radius 3 is 2.40 bits per heavy atom. The molecule has 0 spiro atoms. The quantitative estimate of drug-likeness (QED) is 0.613. The second-order valence-corrected chi connectivity index (χ2v) is 3.72. The molecule has 0 aromatic heterocycles. The third-order valence-electron chi connectivity index (χ3n) is 2.00. The van der Waals surface area contributed by atoms with Gasteiger partial charge in [-0.15, -0.1) is 0 Å². The van der Waals surface area contributed by atoms with Crippen molar-refractivity contribution in [3.05, 3.63) is 0 Å². The number of rotatable bonds is 7. The summed E-state index contributed by atoms with van der Waals surface area (Å²) < 4.78 is 4.80. The van der Waals surface area contributed by atoms with Gasteiger partial charge in [0.25, 0.3) is 0 Å². The smallest absolute Gasteiger partial charge is 0.326 e. The normalized spacial score (nSPS) is 12.5. The van der Waals surface area contributed by atoms with Crippen LogP contribution in [0.4, 0.5) is 0 Å². The first-order valence-corrected chi connectivity index (χ1v) is 5.00.